The lowest BCUT2D eigenvalue weighted by molar-refractivity contribution is 0.337. The molecule has 2 aromatic rings. The van der Waals surface area contributed by atoms with Crippen LogP contribution in [0.2, 0.25) is 0 Å². The van der Waals surface area contributed by atoms with Gasteiger partial charge in [-0.2, -0.15) is 0 Å². The molecule has 1 aromatic heterocycles. The Hall–Kier alpha value is -1.82. The van der Waals surface area contributed by atoms with Crippen LogP contribution in [0.1, 0.15) is 12.5 Å². The predicted octanol–water partition coefficient (Wildman–Crippen LogP) is 2.09. The SMILES string of the molecule is CCOc1ccc(Nc2nnnn2C)cc1CCl. The molecule has 1 N–H and O–H groups in total. The third kappa shape index (κ3) is 2.70. The van der Waals surface area contributed by atoms with Gasteiger partial charge in [-0.15, -0.1) is 11.6 Å². The van der Waals surface area contributed by atoms with Gasteiger partial charge in [0.25, 0.3) is 0 Å². The Bertz CT molecular complexity index is 528. The number of ether oxygens (including phenoxy) is 1. The second kappa shape index (κ2) is 5.68. The van der Waals surface area contributed by atoms with Crippen molar-refractivity contribution in [2.75, 3.05) is 11.9 Å². The minimum atomic E-state index is 0.391. The molecule has 0 aliphatic heterocycles. The van der Waals surface area contributed by atoms with Gasteiger partial charge in [-0.3, -0.25) is 0 Å². The van der Waals surface area contributed by atoms with E-state index in [9.17, 15) is 0 Å². The average molecular weight is 268 g/mol. The summed E-state index contributed by atoms with van der Waals surface area (Å²) in [6.07, 6.45) is 0. The van der Waals surface area contributed by atoms with Crippen molar-refractivity contribution in [3.8, 4) is 5.75 Å². The molecule has 0 saturated carbocycles. The summed E-state index contributed by atoms with van der Waals surface area (Å²) in [5.74, 6) is 1.76. The zero-order chi connectivity index (χ0) is 13.0. The minimum Gasteiger partial charge on any atom is -0.494 e. The largest absolute Gasteiger partial charge is 0.494 e. The number of benzene rings is 1. The van der Waals surface area contributed by atoms with E-state index in [2.05, 4.69) is 20.8 Å². The van der Waals surface area contributed by atoms with Crippen molar-refractivity contribution in [1.29, 1.82) is 0 Å². The summed E-state index contributed by atoms with van der Waals surface area (Å²) < 4.78 is 7.04. The van der Waals surface area contributed by atoms with Crippen molar-refractivity contribution >= 4 is 23.2 Å². The molecule has 0 aliphatic rings. The first-order valence-corrected chi connectivity index (χ1v) is 6.09. The number of halogens is 1. The molecule has 0 atom stereocenters. The van der Waals surface area contributed by atoms with E-state index in [-0.39, 0.29) is 0 Å². The molecule has 7 heteroatoms. The third-order valence-corrected chi connectivity index (χ3v) is 2.67. The normalized spacial score (nSPS) is 10.4. The second-order valence-electron chi connectivity index (χ2n) is 3.64. The number of tetrazole rings is 1. The van der Waals surface area contributed by atoms with Crippen LogP contribution in [0.3, 0.4) is 0 Å². The van der Waals surface area contributed by atoms with Crippen LogP contribution in [0.25, 0.3) is 0 Å². The highest BCUT2D eigenvalue weighted by atomic mass is 35.5. The number of nitrogens with one attached hydrogen (secondary N) is 1. The van der Waals surface area contributed by atoms with Gasteiger partial charge >= 0.3 is 0 Å². The number of hydrogen-bond donors (Lipinski definition) is 1. The predicted molar refractivity (Wildman–Crippen MR) is 69.2 cm³/mol. The number of nitrogens with zero attached hydrogens (tertiary/aromatic N) is 4. The maximum atomic E-state index is 5.90. The van der Waals surface area contributed by atoms with Crippen molar-refractivity contribution in [3.63, 3.8) is 0 Å². The highest BCUT2D eigenvalue weighted by molar-refractivity contribution is 6.17. The van der Waals surface area contributed by atoms with Gasteiger partial charge < -0.3 is 10.1 Å². The van der Waals surface area contributed by atoms with Crippen LogP contribution in [0.15, 0.2) is 18.2 Å². The van der Waals surface area contributed by atoms with E-state index in [0.29, 0.717) is 18.4 Å². The fraction of sp³-hybridized carbons (Fsp3) is 0.364. The molecule has 0 fully saturated rings. The monoisotopic (exact) mass is 267 g/mol. The van der Waals surface area contributed by atoms with E-state index >= 15 is 0 Å². The maximum Gasteiger partial charge on any atom is 0.247 e. The van der Waals surface area contributed by atoms with Crippen molar-refractivity contribution < 1.29 is 4.74 Å². The smallest absolute Gasteiger partial charge is 0.247 e. The van der Waals surface area contributed by atoms with Gasteiger partial charge in [0.05, 0.1) is 12.5 Å². The highest BCUT2D eigenvalue weighted by Crippen LogP contribution is 2.25. The standard InChI is InChI=1S/C11H14ClN5O/c1-3-18-10-5-4-9(6-8(10)7-12)13-11-14-15-16-17(11)2/h4-6H,3,7H2,1-2H3,(H,13,14,16). The summed E-state index contributed by atoms with van der Waals surface area (Å²) in [5, 5.41) is 14.3. The molecule has 0 unspecified atom stereocenters. The molecule has 0 saturated heterocycles. The Kier molecular flexibility index (Phi) is 3.99. The first kappa shape index (κ1) is 12.6. The maximum absolute atomic E-state index is 5.90. The first-order chi connectivity index (χ1) is 8.74. The minimum absolute atomic E-state index is 0.391. The zero-order valence-corrected chi connectivity index (χ0v) is 11.0. The van der Waals surface area contributed by atoms with Crippen LogP contribution >= 0.6 is 11.6 Å². The molecule has 1 aromatic carbocycles. The van der Waals surface area contributed by atoms with Gasteiger partial charge in [0, 0.05) is 18.3 Å². The highest BCUT2D eigenvalue weighted by Gasteiger charge is 2.06. The Balaban J connectivity index is 2.22. The summed E-state index contributed by atoms with van der Waals surface area (Å²) in [6, 6.07) is 5.70. The van der Waals surface area contributed by atoms with Crippen LogP contribution in [-0.2, 0) is 12.9 Å². The van der Waals surface area contributed by atoms with Crippen LogP contribution in [0, 0.1) is 0 Å². The van der Waals surface area contributed by atoms with E-state index in [1.807, 2.05) is 25.1 Å². The van der Waals surface area contributed by atoms with Gasteiger partial charge in [0.2, 0.25) is 5.95 Å². The molecule has 0 spiro atoms. The van der Waals surface area contributed by atoms with Gasteiger partial charge in [0.15, 0.2) is 0 Å². The lowest BCUT2D eigenvalue weighted by Gasteiger charge is -2.10. The lowest BCUT2D eigenvalue weighted by atomic mass is 10.2. The van der Waals surface area contributed by atoms with Crippen molar-refractivity contribution in [2.45, 2.75) is 12.8 Å². The topological polar surface area (TPSA) is 64.9 Å². The third-order valence-electron chi connectivity index (χ3n) is 2.38. The molecule has 0 bridgehead atoms. The van der Waals surface area contributed by atoms with E-state index < -0.39 is 0 Å². The van der Waals surface area contributed by atoms with Crippen LogP contribution in [0.4, 0.5) is 11.6 Å². The van der Waals surface area contributed by atoms with Gasteiger partial charge in [0.1, 0.15) is 5.75 Å². The summed E-state index contributed by atoms with van der Waals surface area (Å²) >= 11 is 5.90. The van der Waals surface area contributed by atoms with Gasteiger partial charge in [-0.25, -0.2) is 4.68 Å². The number of anilines is 2. The number of rotatable bonds is 5. The number of hydrogen-bond acceptors (Lipinski definition) is 5. The van der Waals surface area contributed by atoms with Crippen molar-refractivity contribution in [3.05, 3.63) is 23.8 Å². The van der Waals surface area contributed by atoms with E-state index in [4.69, 9.17) is 16.3 Å². The van der Waals surface area contributed by atoms with Crippen LogP contribution < -0.4 is 10.1 Å². The second-order valence-corrected chi connectivity index (χ2v) is 3.91. The average Bonchev–Trinajstić information content (AvgIpc) is 2.77. The molecule has 0 radical (unpaired) electrons. The zero-order valence-electron chi connectivity index (χ0n) is 10.2. The van der Waals surface area contributed by atoms with Gasteiger partial charge in [-0.05, 0) is 35.5 Å². The first-order valence-electron chi connectivity index (χ1n) is 5.55. The molecule has 1 heterocycles. The quantitative estimate of drug-likeness (QED) is 0.841. The number of aryl methyl sites for hydroxylation is 1. The fourth-order valence-electron chi connectivity index (χ4n) is 1.52. The summed E-state index contributed by atoms with van der Waals surface area (Å²) in [5.41, 5.74) is 1.80. The number of alkyl halides is 1. The molecule has 96 valence electrons. The molecule has 6 nitrogen and oxygen atoms in total. The molecule has 2 rings (SSSR count). The van der Waals surface area contributed by atoms with Crippen LogP contribution in [-0.4, -0.2) is 26.8 Å². The number of aromatic nitrogens is 4. The summed E-state index contributed by atoms with van der Waals surface area (Å²) in [4.78, 5) is 0. The molecular formula is C11H14ClN5O. The molecular weight excluding hydrogens is 254 g/mol. The fourth-order valence-corrected chi connectivity index (χ4v) is 1.73. The molecule has 0 aliphatic carbocycles. The van der Waals surface area contributed by atoms with Gasteiger partial charge in [-0.1, -0.05) is 5.10 Å². The lowest BCUT2D eigenvalue weighted by Crippen LogP contribution is -2.01. The Labute approximate surface area is 110 Å². The summed E-state index contributed by atoms with van der Waals surface area (Å²) in [7, 11) is 1.76. The Morgan fingerprint density at radius 1 is 1.44 bits per heavy atom. The Morgan fingerprint density at radius 2 is 2.28 bits per heavy atom. The van der Waals surface area contributed by atoms with E-state index in [0.717, 1.165) is 17.0 Å². The van der Waals surface area contributed by atoms with Crippen LogP contribution in [0.5, 0.6) is 5.75 Å². The molecule has 18 heavy (non-hydrogen) atoms. The van der Waals surface area contributed by atoms with Crippen molar-refractivity contribution in [2.24, 2.45) is 7.05 Å². The van der Waals surface area contributed by atoms with Crippen molar-refractivity contribution in [1.82, 2.24) is 20.2 Å². The van der Waals surface area contributed by atoms with E-state index in [1.165, 1.54) is 0 Å². The Morgan fingerprint density at radius 3 is 2.89 bits per heavy atom. The van der Waals surface area contributed by atoms with E-state index in [1.54, 1.807) is 11.7 Å². The molecule has 0 amide bonds. The summed E-state index contributed by atoms with van der Waals surface area (Å²) in [6.45, 7) is 2.55.